The number of amides is 3. The van der Waals surface area contributed by atoms with Gasteiger partial charge in [0.2, 0.25) is 11.8 Å². The number of hydrogen-bond donors (Lipinski definition) is 4. The molecule has 0 radical (unpaired) electrons. The molecule has 0 spiro atoms. The van der Waals surface area contributed by atoms with Gasteiger partial charge in [-0.05, 0) is 12.8 Å². The van der Waals surface area contributed by atoms with Gasteiger partial charge < -0.3 is 10.4 Å². The minimum atomic E-state index is -0.846. The molecule has 3 amide bonds. The van der Waals surface area contributed by atoms with Crippen molar-refractivity contribution in [3.63, 3.8) is 0 Å². The smallest absolute Gasteiger partial charge is 0.303 e. The lowest BCUT2D eigenvalue weighted by Crippen LogP contribution is -2.62. The highest BCUT2D eigenvalue weighted by atomic mass is 16.4. The van der Waals surface area contributed by atoms with Gasteiger partial charge in [0.05, 0.1) is 6.54 Å². The van der Waals surface area contributed by atoms with E-state index >= 15 is 0 Å². The van der Waals surface area contributed by atoms with Crippen molar-refractivity contribution in [3.8, 4) is 0 Å². The topological polar surface area (TPSA) is 125 Å². The Bertz CT molecular complexity index is 425. The number of nitrogens with one attached hydrogen (secondary N) is 3. The Kier molecular flexibility index (Phi) is 8.13. The van der Waals surface area contributed by atoms with Gasteiger partial charge >= 0.3 is 5.97 Å². The van der Waals surface area contributed by atoms with E-state index in [1.807, 2.05) is 0 Å². The molecule has 0 aliphatic carbocycles. The fraction of sp³-hybridized carbons (Fsp3) is 0.714. The molecule has 1 fully saturated rings. The number of imide groups is 1. The number of piperazine rings is 1. The Hall–Kier alpha value is -1.96. The largest absolute Gasteiger partial charge is 0.481 e. The Labute approximate surface area is 129 Å². The van der Waals surface area contributed by atoms with Gasteiger partial charge in [0.1, 0.15) is 0 Å². The molecule has 0 aromatic rings. The van der Waals surface area contributed by atoms with Crippen LogP contribution in [0.3, 0.4) is 0 Å². The van der Waals surface area contributed by atoms with E-state index in [4.69, 9.17) is 5.11 Å². The molecule has 0 aromatic heterocycles. The maximum atomic E-state index is 11.7. The van der Waals surface area contributed by atoms with E-state index in [1.54, 1.807) is 0 Å². The van der Waals surface area contributed by atoms with E-state index in [2.05, 4.69) is 16.0 Å². The van der Waals surface area contributed by atoms with Crippen molar-refractivity contribution in [3.05, 3.63) is 0 Å². The lowest BCUT2D eigenvalue weighted by atomic mass is 10.1. The number of carboxylic acid groups (broad SMARTS) is 1. The van der Waals surface area contributed by atoms with Gasteiger partial charge in [-0.15, -0.1) is 0 Å². The molecule has 0 unspecified atom stereocenters. The highest BCUT2D eigenvalue weighted by Gasteiger charge is 2.26. The van der Waals surface area contributed by atoms with Crippen LogP contribution in [-0.4, -0.2) is 41.5 Å². The summed E-state index contributed by atoms with van der Waals surface area (Å²) in [5, 5.41) is 15.8. The van der Waals surface area contributed by atoms with Gasteiger partial charge in [-0.3, -0.25) is 29.8 Å². The molecule has 0 saturated carbocycles. The van der Waals surface area contributed by atoms with E-state index in [0.717, 1.165) is 32.1 Å². The average Bonchev–Trinajstić information content (AvgIpc) is 2.44. The zero-order chi connectivity index (χ0) is 16.4. The average molecular weight is 313 g/mol. The number of carbonyl (C=O) groups excluding carboxylic acids is 3. The van der Waals surface area contributed by atoms with Crippen LogP contribution < -0.4 is 16.0 Å². The van der Waals surface area contributed by atoms with Gasteiger partial charge in [-0.2, -0.15) is 0 Å². The lowest BCUT2D eigenvalue weighted by molar-refractivity contribution is -0.138. The summed E-state index contributed by atoms with van der Waals surface area (Å²) in [4.78, 5) is 44.3. The second-order valence-corrected chi connectivity index (χ2v) is 5.31. The van der Waals surface area contributed by atoms with Crippen LogP contribution in [0.4, 0.5) is 0 Å². The number of rotatable bonds is 10. The summed E-state index contributed by atoms with van der Waals surface area (Å²) in [7, 11) is 0. The maximum Gasteiger partial charge on any atom is 0.303 e. The van der Waals surface area contributed by atoms with Gasteiger partial charge in [-0.1, -0.05) is 25.7 Å². The molecule has 1 atom stereocenters. The quantitative estimate of drug-likeness (QED) is 0.329. The van der Waals surface area contributed by atoms with Gasteiger partial charge in [-0.25, -0.2) is 0 Å². The van der Waals surface area contributed by atoms with Gasteiger partial charge in [0.15, 0.2) is 6.17 Å². The van der Waals surface area contributed by atoms with Crippen molar-refractivity contribution in [2.45, 2.75) is 57.5 Å². The van der Waals surface area contributed by atoms with E-state index in [0.29, 0.717) is 12.8 Å². The van der Waals surface area contributed by atoms with E-state index in [9.17, 15) is 19.2 Å². The Balaban J connectivity index is 2.00. The molecule has 4 N–H and O–H groups in total. The summed E-state index contributed by atoms with van der Waals surface area (Å²) in [6.07, 6.45) is 4.81. The predicted molar refractivity (Wildman–Crippen MR) is 77.7 cm³/mol. The molecule has 0 bridgehead atoms. The van der Waals surface area contributed by atoms with E-state index in [-0.39, 0.29) is 18.9 Å². The minimum Gasteiger partial charge on any atom is -0.481 e. The third kappa shape index (κ3) is 7.72. The first kappa shape index (κ1) is 18.1. The highest BCUT2D eigenvalue weighted by molar-refractivity contribution is 6.02. The SMILES string of the molecule is O=C(O)CCCCCCCCC(=O)N[C@@H]1NCC(=O)NC1=O. The molecule has 0 aromatic carbocycles. The van der Waals surface area contributed by atoms with Crippen molar-refractivity contribution in [2.24, 2.45) is 0 Å². The number of carbonyl (C=O) groups is 4. The Morgan fingerprint density at radius 2 is 1.64 bits per heavy atom. The summed E-state index contributed by atoms with van der Waals surface area (Å²) < 4.78 is 0. The summed E-state index contributed by atoms with van der Waals surface area (Å²) in [6.45, 7) is 0.00697. The van der Waals surface area contributed by atoms with Crippen LogP contribution in [0.2, 0.25) is 0 Å². The van der Waals surface area contributed by atoms with E-state index < -0.39 is 23.9 Å². The van der Waals surface area contributed by atoms with Gasteiger partial charge in [0.25, 0.3) is 5.91 Å². The lowest BCUT2D eigenvalue weighted by Gasteiger charge is -2.23. The molecular weight excluding hydrogens is 290 g/mol. The van der Waals surface area contributed by atoms with Crippen molar-refractivity contribution in [1.29, 1.82) is 0 Å². The first-order valence-electron chi connectivity index (χ1n) is 7.57. The molecule has 124 valence electrons. The number of hydrogen-bond acceptors (Lipinski definition) is 5. The minimum absolute atomic E-state index is 0.00697. The fourth-order valence-electron chi connectivity index (χ4n) is 2.16. The van der Waals surface area contributed by atoms with Crippen LogP contribution in [0, 0.1) is 0 Å². The van der Waals surface area contributed by atoms with Gasteiger partial charge in [0, 0.05) is 12.8 Å². The van der Waals surface area contributed by atoms with Crippen molar-refractivity contribution < 1.29 is 24.3 Å². The van der Waals surface area contributed by atoms with Crippen LogP contribution in [0.15, 0.2) is 0 Å². The number of unbranched alkanes of at least 4 members (excludes halogenated alkanes) is 5. The molecule has 22 heavy (non-hydrogen) atoms. The summed E-state index contributed by atoms with van der Waals surface area (Å²) >= 11 is 0. The molecule has 8 nitrogen and oxygen atoms in total. The second-order valence-electron chi connectivity index (χ2n) is 5.31. The monoisotopic (exact) mass is 313 g/mol. The summed E-state index contributed by atoms with van der Waals surface area (Å²) in [5.41, 5.74) is 0. The zero-order valence-corrected chi connectivity index (χ0v) is 12.5. The molecule has 8 heteroatoms. The summed E-state index contributed by atoms with van der Waals surface area (Å²) in [5.74, 6) is -1.94. The predicted octanol–water partition coefficient (Wildman–Crippen LogP) is -0.120. The first-order chi connectivity index (χ1) is 10.5. The normalized spacial score (nSPS) is 17.9. The van der Waals surface area contributed by atoms with Crippen molar-refractivity contribution >= 4 is 23.7 Å². The molecule has 1 heterocycles. The fourth-order valence-corrected chi connectivity index (χ4v) is 2.16. The number of carboxylic acids is 1. The Morgan fingerprint density at radius 3 is 2.23 bits per heavy atom. The second kappa shape index (κ2) is 9.88. The van der Waals surface area contributed by atoms with Crippen LogP contribution in [0.25, 0.3) is 0 Å². The standard InChI is InChI=1S/C14H23N3O5/c18-10(16-13-14(22)17-11(19)9-15-13)7-5-3-1-2-4-6-8-12(20)21/h13,15H,1-9H2,(H,16,18)(H,20,21)(H,17,19,22)/t13-/m0/s1. The number of aliphatic carboxylic acids is 1. The third-order valence-corrected chi connectivity index (χ3v) is 3.34. The first-order valence-corrected chi connectivity index (χ1v) is 7.57. The van der Waals surface area contributed by atoms with Crippen molar-refractivity contribution in [2.75, 3.05) is 6.54 Å². The van der Waals surface area contributed by atoms with Crippen LogP contribution in [0.5, 0.6) is 0 Å². The summed E-state index contributed by atoms with van der Waals surface area (Å²) in [6, 6.07) is 0. The molecular formula is C14H23N3O5. The molecule has 1 aliphatic heterocycles. The molecule has 1 rings (SSSR count). The third-order valence-electron chi connectivity index (χ3n) is 3.34. The molecule has 1 aliphatic rings. The van der Waals surface area contributed by atoms with Crippen LogP contribution in [-0.2, 0) is 19.2 Å². The zero-order valence-electron chi connectivity index (χ0n) is 12.5. The molecule has 1 saturated heterocycles. The van der Waals surface area contributed by atoms with Crippen LogP contribution in [0.1, 0.15) is 51.4 Å². The van der Waals surface area contributed by atoms with Crippen LogP contribution >= 0.6 is 0 Å². The van der Waals surface area contributed by atoms with E-state index in [1.165, 1.54) is 0 Å². The van der Waals surface area contributed by atoms with Crippen molar-refractivity contribution in [1.82, 2.24) is 16.0 Å². The maximum absolute atomic E-state index is 11.7. The Morgan fingerprint density at radius 1 is 1.05 bits per heavy atom. The highest BCUT2D eigenvalue weighted by Crippen LogP contribution is 2.08.